The topological polar surface area (TPSA) is 37.4 Å². The predicted octanol–water partition coefficient (Wildman–Crippen LogP) is 4.49. The second kappa shape index (κ2) is 5.44. The van der Waals surface area contributed by atoms with E-state index >= 15 is 0 Å². The highest BCUT2D eigenvalue weighted by Crippen LogP contribution is 2.38. The van der Waals surface area contributed by atoms with Gasteiger partial charge < -0.3 is 0 Å². The van der Waals surface area contributed by atoms with E-state index < -0.39 is 11.7 Å². The van der Waals surface area contributed by atoms with Gasteiger partial charge in [-0.1, -0.05) is 41.4 Å². The van der Waals surface area contributed by atoms with Gasteiger partial charge in [0.1, 0.15) is 0 Å². The summed E-state index contributed by atoms with van der Waals surface area (Å²) in [5.41, 5.74) is 1.66. The normalized spacial score (nSPS) is 13.8. The molecule has 6 heteroatoms. The van der Waals surface area contributed by atoms with Gasteiger partial charge in [-0.15, -0.1) is 0 Å². The lowest BCUT2D eigenvalue weighted by Gasteiger charge is -2.18. The minimum absolute atomic E-state index is 0.194. The van der Waals surface area contributed by atoms with Crippen molar-refractivity contribution in [3.05, 3.63) is 62.0 Å². The monoisotopic (exact) mass is 383 g/mol. The van der Waals surface area contributed by atoms with Crippen LogP contribution in [0.1, 0.15) is 15.9 Å². The van der Waals surface area contributed by atoms with Crippen molar-refractivity contribution in [1.82, 2.24) is 0 Å². The Morgan fingerprint density at radius 1 is 1.05 bits per heavy atom. The molecular weight excluding hydrogens is 377 g/mol. The van der Waals surface area contributed by atoms with Crippen molar-refractivity contribution in [2.45, 2.75) is 6.54 Å². The number of nitrogens with zero attached hydrogens (tertiary/aromatic N) is 1. The van der Waals surface area contributed by atoms with Gasteiger partial charge in [0.05, 0.1) is 27.8 Å². The summed E-state index contributed by atoms with van der Waals surface area (Å²) in [5, 5.41) is 0.805. The van der Waals surface area contributed by atoms with Crippen LogP contribution in [0.3, 0.4) is 0 Å². The number of hydrogen-bond donors (Lipinski definition) is 0. The number of fused-ring (bicyclic) bond motifs is 1. The van der Waals surface area contributed by atoms with E-state index in [-0.39, 0.29) is 6.54 Å². The van der Waals surface area contributed by atoms with Crippen LogP contribution in [0.25, 0.3) is 0 Å². The standard InChI is InChI=1S/C15H8BrCl2NO2/c16-10-5-2-4-9-13(10)19(15(21)14(9)20)7-8-3-1-6-11(17)12(8)18/h1-6H,7H2. The number of carbonyl (C=O) groups is 2. The molecule has 0 aliphatic carbocycles. The van der Waals surface area contributed by atoms with Crippen molar-refractivity contribution in [2.75, 3.05) is 4.90 Å². The third-order valence-electron chi connectivity index (χ3n) is 3.30. The van der Waals surface area contributed by atoms with Crippen LogP contribution in [0.2, 0.25) is 10.0 Å². The summed E-state index contributed by atoms with van der Waals surface area (Å²) in [6, 6.07) is 10.4. The molecule has 0 unspecified atom stereocenters. The van der Waals surface area contributed by atoms with Gasteiger partial charge in [0.25, 0.3) is 11.7 Å². The second-order valence-electron chi connectivity index (χ2n) is 4.57. The van der Waals surface area contributed by atoms with E-state index in [4.69, 9.17) is 23.2 Å². The van der Waals surface area contributed by atoms with Crippen molar-refractivity contribution < 1.29 is 9.59 Å². The third kappa shape index (κ3) is 2.37. The summed E-state index contributed by atoms with van der Waals surface area (Å²) in [5.74, 6) is -1.07. The summed E-state index contributed by atoms with van der Waals surface area (Å²) in [6.07, 6.45) is 0. The number of Topliss-reactive ketones (excluding diaryl/α,β-unsaturated/α-hetero) is 1. The first-order valence-electron chi connectivity index (χ1n) is 6.08. The maximum atomic E-state index is 12.2. The lowest BCUT2D eigenvalue weighted by Crippen LogP contribution is -2.29. The number of benzene rings is 2. The molecule has 0 bridgehead atoms. The number of halogens is 3. The van der Waals surface area contributed by atoms with E-state index in [1.807, 2.05) is 0 Å². The maximum Gasteiger partial charge on any atom is 0.299 e. The second-order valence-corrected chi connectivity index (χ2v) is 6.21. The van der Waals surface area contributed by atoms with Crippen LogP contribution in [-0.4, -0.2) is 11.7 Å². The average Bonchev–Trinajstić information content (AvgIpc) is 2.70. The first kappa shape index (κ1) is 14.6. The van der Waals surface area contributed by atoms with Gasteiger partial charge in [-0.05, 0) is 39.7 Å². The highest BCUT2D eigenvalue weighted by molar-refractivity contribution is 9.10. The first-order valence-corrected chi connectivity index (χ1v) is 7.63. The van der Waals surface area contributed by atoms with E-state index in [1.54, 1.807) is 36.4 Å². The molecule has 1 aliphatic rings. The number of para-hydroxylation sites is 1. The van der Waals surface area contributed by atoms with Gasteiger partial charge in [-0.3, -0.25) is 14.5 Å². The van der Waals surface area contributed by atoms with E-state index in [0.29, 0.717) is 31.3 Å². The minimum Gasteiger partial charge on any atom is -0.299 e. The molecule has 2 aromatic rings. The smallest absolute Gasteiger partial charge is 0.299 e. The van der Waals surface area contributed by atoms with Crippen molar-refractivity contribution in [3.63, 3.8) is 0 Å². The summed E-state index contributed by atoms with van der Waals surface area (Å²) in [7, 11) is 0. The van der Waals surface area contributed by atoms with Crippen LogP contribution in [0.4, 0.5) is 5.69 Å². The van der Waals surface area contributed by atoms with Crippen LogP contribution >= 0.6 is 39.1 Å². The van der Waals surface area contributed by atoms with E-state index in [2.05, 4.69) is 15.9 Å². The molecule has 1 aliphatic heterocycles. The lowest BCUT2D eigenvalue weighted by molar-refractivity contribution is -0.114. The largest absolute Gasteiger partial charge is 0.299 e. The van der Waals surface area contributed by atoms with Gasteiger partial charge in [-0.25, -0.2) is 0 Å². The molecule has 106 valence electrons. The molecule has 0 saturated heterocycles. The Bertz CT molecular complexity index is 776. The molecule has 0 saturated carbocycles. The Hall–Kier alpha value is -1.36. The van der Waals surface area contributed by atoms with Crippen molar-refractivity contribution >= 4 is 56.5 Å². The van der Waals surface area contributed by atoms with Crippen LogP contribution in [0.15, 0.2) is 40.9 Å². The number of carbonyl (C=O) groups excluding carboxylic acids is 2. The molecule has 0 spiro atoms. The fourth-order valence-corrected chi connectivity index (χ4v) is 3.26. The van der Waals surface area contributed by atoms with Gasteiger partial charge in [0.15, 0.2) is 0 Å². The molecule has 0 aromatic heterocycles. The average molecular weight is 385 g/mol. The van der Waals surface area contributed by atoms with Gasteiger partial charge in [0, 0.05) is 4.47 Å². The fourth-order valence-electron chi connectivity index (χ4n) is 2.30. The van der Waals surface area contributed by atoms with Crippen LogP contribution in [0.5, 0.6) is 0 Å². The van der Waals surface area contributed by atoms with E-state index in [9.17, 15) is 9.59 Å². The number of amides is 1. The molecule has 1 heterocycles. The zero-order valence-electron chi connectivity index (χ0n) is 10.6. The Balaban J connectivity index is 2.07. The van der Waals surface area contributed by atoms with Gasteiger partial charge >= 0.3 is 0 Å². The summed E-state index contributed by atoms with van der Waals surface area (Å²) >= 11 is 15.5. The molecule has 0 atom stereocenters. The molecule has 21 heavy (non-hydrogen) atoms. The first-order chi connectivity index (χ1) is 10.0. The minimum atomic E-state index is -0.562. The van der Waals surface area contributed by atoms with Gasteiger partial charge in [0.2, 0.25) is 0 Å². The number of hydrogen-bond acceptors (Lipinski definition) is 2. The molecule has 3 nitrogen and oxygen atoms in total. The molecular formula is C15H8BrCl2NO2. The van der Waals surface area contributed by atoms with E-state index in [0.717, 1.165) is 0 Å². The Kier molecular flexibility index (Phi) is 3.78. The molecule has 1 amide bonds. The van der Waals surface area contributed by atoms with Gasteiger partial charge in [-0.2, -0.15) is 0 Å². The Morgan fingerprint density at radius 3 is 2.52 bits per heavy atom. The summed E-state index contributed by atoms with van der Waals surface area (Å²) in [6.45, 7) is 0.194. The Morgan fingerprint density at radius 2 is 1.76 bits per heavy atom. The number of rotatable bonds is 2. The quantitative estimate of drug-likeness (QED) is 0.715. The summed E-state index contributed by atoms with van der Waals surface area (Å²) < 4.78 is 0.692. The lowest BCUT2D eigenvalue weighted by atomic mass is 10.1. The highest BCUT2D eigenvalue weighted by Gasteiger charge is 2.37. The van der Waals surface area contributed by atoms with Crippen LogP contribution in [-0.2, 0) is 11.3 Å². The number of anilines is 1. The van der Waals surface area contributed by atoms with Crippen molar-refractivity contribution in [2.24, 2.45) is 0 Å². The molecule has 3 rings (SSSR count). The van der Waals surface area contributed by atoms with E-state index in [1.165, 1.54) is 4.90 Å². The predicted molar refractivity (Wildman–Crippen MR) is 86.1 cm³/mol. The molecule has 0 radical (unpaired) electrons. The summed E-state index contributed by atoms with van der Waals surface area (Å²) in [4.78, 5) is 25.6. The molecule has 2 aromatic carbocycles. The third-order valence-corrected chi connectivity index (χ3v) is 4.80. The zero-order valence-corrected chi connectivity index (χ0v) is 13.7. The fraction of sp³-hybridized carbons (Fsp3) is 0.0667. The van der Waals surface area contributed by atoms with Crippen LogP contribution in [0, 0.1) is 0 Å². The molecule has 0 fully saturated rings. The molecule has 0 N–H and O–H groups in total. The Labute approximate surface area is 139 Å². The van der Waals surface area contributed by atoms with Crippen molar-refractivity contribution in [1.29, 1.82) is 0 Å². The maximum absolute atomic E-state index is 12.2. The highest BCUT2D eigenvalue weighted by atomic mass is 79.9. The zero-order chi connectivity index (χ0) is 15.1. The van der Waals surface area contributed by atoms with Crippen molar-refractivity contribution in [3.8, 4) is 0 Å². The number of ketones is 1. The SMILES string of the molecule is O=C1C(=O)N(Cc2cccc(Cl)c2Cl)c2c(Br)cccc21. The van der Waals surface area contributed by atoms with Crippen LogP contribution < -0.4 is 4.90 Å².